The second kappa shape index (κ2) is 14.6. The molecule has 1 amide bonds. The van der Waals surface area contributed by atoms with Gasteiger partial charge in [0.15, 0.2) is 16.7 Å². The van der Waals surface area contributed by atoms with E-state index in [4.69, 9.17) is 19.2 Å². The molecule has 4 aromatic rings. The van der Waals surface area contributed by atoms with E-state index in [-0.39, 0.29) is 5.91 Å². The fourth-order valence-electron chi connectivity index (χ4n) is 4.75. The molecular formula is C37H36N2O4S. The van der Waals surface area contributed by atoms with Crippen molar-refractivity contribution in [1.29, 1.82) is 0 Å². The van der Waals surface area contributed by atoms with E-state index in [1.807, 2.05) is 85.8 Å². The number of benzene rings is 4. The van der Waals surface area contributed by atoms with Gasteiger partial charge in [0.25, 0.3) is 5.91 Å². The third-order valence-electron chi connectivity index (χ3n) is 6.99. The van der Waals surface area contributed by atoms with Crippen molar-refractivity contribution < 1.29 is 19.0 Å². The Hall–Kier alpha value is -4.75. The number of carbonyl (C=O) groups excluding carboxylic acids is 1. The van der Waals surface area contributed by atoms with E-state index >= 15 is 0 Å². The van der Waals surface area contributed by atoms with Crippen molar-refractivity contribution in [3.8, 4) is 17.2 Å². The Morgan fingerprint density at radius 1 is 0.932 bits per heavy atom. The lowest BCUT2D eigenvalue weighted by molar-refractivity contribution is -0.122. The first-order chi connectivity index (χ1) is 21.5. The smallest absolute Gasteiger partial charge is 0.267 e. The summed E-state index contributed by atoms with van der Waals surface area (Å²) in [7, 11) is 1.64. The molecule has 5 rings (SSSR count). The van der Waals surface area contributed by atoms with Gasteiger partial charge >= 0.3 is 0 Å². The first kappa shape index (κ1) is 30.7. The van der Waals surface area contributed by atoms with Gasteiger partial charge in [0.05, 0.1) is 30.9 Å². The molecule has 0 spiro atoms. The molecule has 0 aromatic heterocycles. The molecule has 44 heavy (non-hydrogen) atoms. The molecule has 1 aliphatic heterocycles. The number of para-hydroxylation sites is 1. The molecule has 1 saturated heterocycles. The molecule has 0 aliphatic carbocycles. The molecule has 1 fully saturated rings. The second-order valence-electron chi connectivity index (χ2n) is 10.3. The SMILES string of the molecule is C=CCc1cc(/C=C2\SC(=Nc3ccccc3)N(Cc3ccc(OC)cc3)C2=O)cc(OCC)c1OCc1ccc(C)cc1. The van der Waals surface area contributed by atoms with E-state index in [0.717, 1.165) is 33.7 Å². The van der Waals surface area contributed by atoms with Gasteiger partial charge in [-0.1, -0.05) is 66.2 Å². The van der Waals surface area contributed by atoms with Crippen molar-refractivity contribution >= 4 is 34.6 Å². The molecule has 1 heterocycles. The molecule has 7 heteroatoms. The number of allylic oxidation sites excluding steroid dienone is 1. The number of amidine groups is 1. The van der Waals surface area contributed by atoms with E-state index in [1.165, 1.54) is 17.3 Å². The van der Waals surface area contributed by atoms with Crippen molar-refractivity contribution in [2.45, 2.75) is 33.4 Å². The van der Waals surface area contributed by atoms with E-state index in [1.54, 1.807) is 12.0 Å². The van der Waals surface area contributed by atoms with Crippen LogP contribution < -0.4 is 14.2 Å². The molecule has 4 aromatic carbocycles. The minimum absolute atomic E-state index is 0.108. The number of aliphatic imine (C=N–C) groups is 1. The maximum Gasteiger partial charge on any atom is 0.267 e. The third-order valence-corrected chi connectivity index (χ3v) is 8.00. The van der Waals surface area contributed by atoms with Crippen molar-refractivity contribution in [3.63, 3.8) is 0 Å². The fraction of sp³-hybridized carbons (Fsp3) is 0.189. The number of methoxy groups -OCH3 is 1. The van der Waals surface area contributed by atoms with Gasteiger partial charge in [0.1, 0.15) is 12.4 Å². The number of nitrogens with zero attached hydrogens (tertiary/aromatic N) is 2. The number of aryl methyl sites for hydroxylation is 1. The van der Waals surface area contributed by atoms with Crippen LogP contribution in [0.25, 0.3) is 6.08 Å². The van der Waals surface area contributed by atoms with Gasteiger partial charge in [-0.05, 0) is 91.2 Å². The van der Waals surface area contributed by atoms with Crippen LogP contribution in [0, 0.1) is 6.92 Å². The highest BCUT2D eigenvalue weighted by molar-refractivity contribution is 8.18. The summed E-state index contributed by atoms with van der Waals surface area (Å²) in [6.45, 7) is 9.25. The van der Waals surface area contributed by atoms with Crippen LogP contribution >= 0.6 is 11.8 Å². The predicted octanol–water partition coefficient (Wildman–Crippen LogP) is 8.51. The first-order valence-corrected chi connectivity index (χ1v) is 15.4. The van der Waals surface area contributed by atoms with Crippen molar-refractivity contribution in [2.24, 2.45) is 4.99 Å². The van der Waals surface area contributed by atoms with Crippen LogP contribution in [-0.4, -0.2) is 29.7 Å². The van der Waals surface area contributed by atoms with E-state index in [9.17, 15) is 4.79 Å². The molecule has 0 N–H and O–H groups in total. The molecular weight excluding hydrogens is 568 g/mol. The van der Waals surface area contributed by atoms with Gasteiger partial charge in [-0.15, -0.1) is 6.58 Å². The van der Waals surface area contributed by atoms with Crippen molar-refractivity contribution in [2.75, 3.05) is 13.7 Å². The Morgan fingerprint density at radius 2 is 1.66 bits per heavy atom. The van der Waals surface area contributed by atoms with Gasteiger partial charge in [0, 0.05) is 5.56 Å². The Morgan fingerprint density at radius 3 is 2.34 bits per heavy atom. The normalized spacial score (nSPS) is 14.7. The number of thioether (sulfide) groups is 1. The van der Waals surface area contributed by atoms with E-state index in [0.29, 0.717) is 47.8 Å². The quantitative estimate of drug-likeness (QED) is 0.120. The average molecular weight is 605 g/mol. The van der Waals surface area contributed by atoms with Crippen LogP contribution in [0.15, 0.2) is 114 Å². The van der Waals surface area contributed by atoms with Crippen LogP contribution in [-0.2, 0) is 24.4 Å². The number of amides is 1. The summed E-state index contributed by atoms with van der Waals surface area (Å²) in [5, 5.41) is 0.623. The minimum atomic E-state index is -0.108. The summed E-state index contributed by atoms with van der Waals surface area (Å²) in [4.78, 5) is 21.0. The molecule has 0 saturated carbocycles. The highest BCUT2D eigenvalue weighted by Gasteiger charge is 2.33. The second-order valence-corrected chi connectivity index (χ2v) is 11.3. The molecule has 0 radical (unpaired) electrons. The molecule has 1 aliphatic rings. The van der Waals surface area contributed by atoms with Gasteiger partial charge in [0.2, 0.25) is 0 Å². The molecule has 0 atom stereocenters. The van der Waals surface area contributed by atoms with E-state index in [2.05, 4.69) is 37.8 Å². The van der Waals surface area contributed by atoms with Crippen LogP contribution in [0.4, 0.5) is 5.69 Å². The van der Waals surface area contributed by atoms with Gasteiger partial charge in [-0.3, -0.25) is 9.69 Å². The number of ether oxygens (including phenoxy) is 3. The lowest BCUT2D eigenvalue weighted by Gasteiger charge is -2.17. The fourth-order valence-corrected chi connectivity index (χ4v) is 5.75. The minimum Gasteiger partial charge on any atom is -0.497 e. The largest absolute Gasteiger partial charge is 0.497 e. The average Bonchev–Trinajstić information content (AvgIpc) is 3.31. The van der Waals surface area contributed by atoms with Gasteiger partial charge in [-0.2, -0.15) is 0 Å². The first-order valence-electron chi connectivity index (χ1n) is 14.5. The van der Waals surface area contributed by atoms with Crippen LogP contribution in [0.5, 0.6) is 17.2 Å². The predicted molar refractivity (Wildman–Crippen MR) is 180 cm³/mol. The monoisotopic (exact) mass is 604 g/mol. The zero-order chi connectivity index (χ0) is 30.9. The standard InChI is InChI=1S/C37H36N2O4S/c1-5-10-30-21-29(22-33(42-6-2)35(30)43-25-28-15-13-26(3)14-16-28)23-34-36(40)39(24-27-17-19-32(41-4)20-18-27)37(44-34)38-31-11-8-7-9-12-31/h5,7-9,11-23H,1,6,10,24-25H2,2-4H3/b34-23-,38-37?. The summed E-state index contributed by atoms with van der Waals surface area (Å²) in [5.74, 6) is 1.98. The van der Waals surface area contributed by atoms with Gasteiger partial charge < -0.3 is 14.2 Å². The lowest BCUT2D eigenvalue weighted by atomic mass is 10.0. The zero-order valence-electron chi connectivity index (χ0n) is 25.3. The number of rotatable bonds is 12. The maximum atomic E-state index is 13.9. The third kappa shape index (κ3) is 7.60. The highest BCUT2D eigenvalue weighted by Crippen LogP contribution is 2.39. The number of hydrogen-bond donors (Lipinski definition) is 0. The van der Waals surface area contributed by atoms with Crippen molar-refractivity contribution in [1.82, 2.24) is 4.90 Å². The van der Waals surface area contributed by atoms with Crippen LogP contribution in [0.1, 0.15) is 34.7 Å². The summed E-state index contributed by atoms with van der Waals surface area (Å²) in [5.41, 5.74) is 5.81. The van der Waals surface area contributed by atoms with Crippen molar-refractivity contribution in [3.05, 3.63) is 136 Å². The lowest BCUT2D eigenvalue weighted by Crippen LogP contribution is -2.28. The van der Waals surface area contributed by atoms with Crippen LogP contribution in [0.3, 0.4) is 0 Å². The Kier molecular flexibility index (Phi) is 10.2. The molecule has 0 bridgehead atoms. The molecule has 224 valence electrons. The highest BCUT2D eigenvalue weighted by atomic mass is 32.2. The van der Waals surface area contributed by atoms with Gasteiger partial charge in [-0.25, -0.2) is 4.99 Å². The zero-order valence-corrected chi connectivity index (χ0v) is 26.1. The summed E-state index contributed by atoms with van der Waals surface area (Å²) in [6, 6.07) is 29.6. The maximum absolute atomic E-state index is 13.9. The number of carbonyl (C=O) groups is 1. The molecule has 0 unspecified atom stereocenters. The molecule has 6 nitrogen and oxygen atoms in total. The summed E-state index contributed by atoms with van der Waals surface area (Å²) in [6.07, 6.45) is 4.34. The van der Waals surface area contributed by atoms with E-state index < -0.39 is 0 Å². The summed E-state index contributed by atoms with van der Waals surface area (Å²) < 4.78 is 17.7. The Labute approximate surface area is 263 Å². The topological polar surface area (TPSA) is 60.4 Å². The Balaban J connectivity index is 1.48. The number of hydrogen-bond acceptors (Lipinski definition) is 6. The summed E-state index contributed by atoms with van der Waals surface area (Å²) >= 11 is 1.37. The Bertz CT molecular complexity index is 1660. The van der Waals surface area contributed by atoms with Crippen LogP contribution in [0.2, 0.25) is 0 Å².